The molecule has 1 aromatic heterocycles. The van der Waals surface area contributed by atoms with Gasteiger partial charge in [-0.2, -0.15) is 4.98 Å². The van der Waals surface area contributed by atoms with Gasteiger partial charge in [0, 0.05) is 6.42 Å². The second-order valence-electron chi connectivity index (χ2n) is 6.45. The van der Waals surface area contributed by atoms with Crippen LogP contribution in [0.4, 0.5) is 0 Å². The molecule has 0 aromatic carbocycles. The molecule has 0 radical (unpaired) electrons. The van der Waals surface area contributed by atoms with Gasteiger partial charge in [0.1, 0.15) is 0 Å². The molecular formula is C16H27N3O. The highest BCUT2D eigenvalue weighted by atomic mass is 16.5. The molecule has 4 nitrogen and oxygen atoms in total. The van der Waals surface area contributed by atoms with Crippen molar-refractivity contribution in [3.8, 4) is 0 Å². The zero-order valence-corrected chi connectivity index (χ0v) is 12.4. The largest absolute Gasteiger partial charge is 0.339 e. The zero-order valence-electron chi connectivity index (χ0n) is 12.4. The van der Waals surface area contributed by atoms with Crippen molar-refractivity contribution in [1.82, 2.24) is 15.5 Å². The molecule has 2 aliphatic rings. The molecule has 2 fully saturated rings. The van der Waals surface area contributed by atoms with Crippen molar-refractivity contribution in [2.45, 2.75) is 76.7 Å². The first-order valence-electron chi connectivity index (χ1n) is 8.47. The summed E-state index contributed by atoms with van der Waals surface area (Å²) >= 11 is 0. The molecule has 2 heterocycles. The van der Waals surface area contributed by atoms with Crippen molar-refractivity contribution in [1.29, 1.82) is 0 Å². The van der Waals surface area contributed by atoms with E-state index in [9.17, 15) is 0 Å². The number of aromatic nitrogens is 2. The first kappa shape index (κ1) is 14.1. The van der Waals surface area contributed by atoms with Gasteiger partial charge in [-0.3, -0.25) is 0 Å². The number of nitrogens with zero attached hydrogens (tertiary/aromatic N) is 2. The molecule has 1 saturated heterocycles. The highest BCUT2D eigenvalue weighted by Gasteiger charge is 2.20. The van der Waals surface area contributed by atoms with E-state index < -0.39 is 0 Å². The summed E-state index contributed by atoms with van der Waals surface area (Å²) < 4.78 is 5.45. The van der Waals surface area contributed by atoms with Crippen molar-refractivity contribution in [3.05, 3.63) is 11.7 Å². The zero-order chi connectivity index (χ0) is 13.6. The monoisotopic (exact) mass is 277 g/mol. The van der Waals surface area contributed by atoms with Crippen LogP contribution < -0.4 is 5.32 Å². The van der Waals surface area contributed by atoms with Gasteiger partial charge in [-0.1, -0.05) is 50.1 Å². The minimum absolute atomic E-state index is 0.310. The second-order valence-corrected chi connectivity index (χ2v) is 6.45. The third kappa shape index (κ3) is 3.81. The van der Waals surface area contributed by atoms with Crippen LogP contribution in [0.15, 0.2) is 4.52 Å². The lowest BCUT2D eigenvalue weighted by atomic mass is 9.86. The molecule has 1 aromatic rings. The van der Waals surface area contributed by atoms with E-state index in [1.165, 1.54) is 57.8 Å². The van der Waals surface area contributed by atoms with E-state index in [-0.39, 0.29) is 0 Å². The minimum atomic E-state index is 0.310. The van der Waals surface area contributed by atoms with E-state index in [1.807, 2.05) is 0 Å². The maximum Gasteiger partial charge on any atom is 0.226 e. The molecule has 0 amide bonds. The second kappa shape index (κ2) is 7.21. The van der Waals surface area contributed by atoms with Gasteiger partial charge in [-0.05, 0) is 31.7 Å². The molecule has 1 aliphatic heterocycles. The Kier molecular flexibility index (Phi) is 5.06. The Morgan fingerprint density at radius 3 is 2.70 bits per heavy atom. The molecule has 0 bridgehead atoms. The quantitative estimate of drug-likeness (QED) is 0.909. The van der Waals surface area contributed by atoms with E-state index in [0.29, 0.717) is 6.04 Å². The smallest absolute Gasteiger partial charge is 0.226 e. The van der Waals surface area contributed by atoms with Gasteiger partial charge in [0.2, 0.25) is 5.89 Å². The Morgan fingerprint density at radius 1 is 1.00 bits per heavy atom. The predicted octanol–water partition coefficient (Wildman–Crippen LogP) is 3.79. The Labute approximate surface area is 121 Å². The van der Waals surface area contributed by atoms with Gasteiger partial charge in [-0.25, -0.2) is 0 Å². The van der Waals surface area contributed by atoms with Gasteiger partial charge in [0.15, 0.2) is 5.82 Å². The van der Waals surface area contributed by atoms with E-state index >= 15 is 0 Å². The molecule has 1 N–H and O–H groups in total. The lowest BCUT2D eigenvalue weighted by molar-refractivity contribution is 0.312. The van der Waals surface area contributed by atoms with Crippen LogP contribution in [0.5, 0.6) is 0 Å². The Morgan fingerprint density at radius 2 is 1.80 bits per heavy atom. The van der Waals surface area contributed by atoms with E-state index in [0.717, 1.165) is 37.0 Å². The average Bonchev–Trinajstić information content (AvgIpc) is 2.80. The summed E-state index contributed by atoms with van der Waals surface area (Å²) in [7, 11) is 0. The van der Waals surface area contributed by atoms with Gasteiger partial charge in [0.05, 0.1) is 6.04 Å². The normalized spacial score (nSPS) is 25.5. The van der Waals surface area contributed by atoms with Crippen molar-refractivity contribution in [2.24, 2.45) is 5.92 Å². The summed E-state index contributed by atoms with van der Waals surface area (Å²) in [5.41, 5.74) is 0. The fourth-order valence-corrected chi connectivity index (χ4v) is 3.56. The summed E-state index contributed by atoms with van der Waals surface area (Å²) in [6.07, 6.45) is 14.2. The van der Waals surface area contributed by atoms with Crippen molar-refractivity contribution < 1.29 is 4.52 Å². The Bertz CT molecular complexity index is 390. The van der Waals surface area contributed by atoms with Gasteiger partial charge >= 0.3 is 0 Å². The van der Waals surface area contributed by atoms with Crippen molar-refractivity contribution >= 4 is 0 Å². The molecule has 0 spiro atoms. The molecule has 20 heavy (non-hydrogen) atoms. The lowest BCUT2D eigenvalue weighted by Crippen LogP contribution is -2.21. The third-order valence-corrected chi connectivity index (χ3v) is 4.85. The summed E-state index contributed by atoms with van der Waals surface area (Å²) in [6.45, 7) is 1.08. The summed E-state index contributed by atoms with van der Waals surface area (Å²) in [4.78, 5) is 4.62. The predicted molar refractivity (Wildman–Crippen MR) is 78.4 cm³/mol. The van der Waals surface area contributed by atoms with Crippen LogP contribution in [-0.4, -0.2) is 16.7 Å². The summed E-state index contributed by atoms with van der Waals surface area (Å²) in [6, 6.07) is 0.310. The number of aryl methyl sites for hydroxylation is 1. The van der Waals surface area contributed by atoms with E-state index in [2.05, 4.69) is 15.5 Å². The minimum Gasteiger partial charge on any atom is -0.339 e. The molecule has 3 rings (SSSR count). The molecule has 4 heteroatoms. The van der Waals surface area contributed by atoms with E-state index in [1.54, 1.807) is 0 Å². The number of rotatable bonds is 4. The van der Waals surface area contributed by atoms with Crippen LogP contribution in [-0.2, 0) is 6.42 Å². The summed E-state index contributed by atoms with van der Waals surface area (Å²) in [5.74, 6) is 2.61. The van der Waals surface area contributed by atoms with E-state index in [4.69, 9.17) is 4.52 Å². The van der Waals surface area contributed by atoms with Gasteiger partial charge in [-0.15, -0.1) is 0 Å². The van der Waals surface area contributed by atoms with Gasteiger partial charge in [0.25, 0.3) is 0 Å². The van der Waals surface area contributed by atoms with Gasteiger partial charge < -0.3 is 9.84 Å². The first-order valence-corrected chi connectivity index (χ1v) is 8.47. The fraction of sp³-hybridized carbons (Fsp3) is 0.875. The molecular weight excluding hydrogens is 250 g/mol. The molecule has 1 atom stereocenters. The number of nitrogens with one attached hydrogen (secondary N) is 1. The standard InChI is InChI=1S/C16H27N3O/c1-3-7-13(8-4-1)10-11-15-18-16(19-20-15)14-9-5-2-6-12-17-14/h13-14,17H,1-12H2. The Balaban J connectivity index is 1.50. The molecule has 1 saturated carbocycles. The van der Waals surface area contributed by atoms with Crippen LogP contribution in [0.3, 0.4) is 0 Å². The average molecular weight is 277 g/mol. The van der Waals surface area contributed by atoms with Crippen LogP contribution in [0.25, 0.3) is 0 Å². The number of hydrogen-bond donors (Lipinski definition) is 1. The first-order chi connectivity index (χ1) is 9.92. The molecule has 1 aliphatic carbocycles. The van der Waals surface area contributed by atoms with Crippen LogP contribution in [0, 0.1) is 5.92 Å². The Hall–Kier alpha value is -0.900. The SMILES string of the molecule is C1CCC(CCc2nc(C3CCCCCN3)no2)CC1. The highest BCUT2D eigenvalue weighted by Crippen LogP contribution is 2.27. The molecule has 112 valence electrons. The third-order valence-electron chi connectivity index (χ3n) is 4.85. The lowest BCUT2D eigenvalue weighted by Gasteiger charge is -2.20. The maximum atomic E-state index is 5.45. The van der Waals surface area contributed by atoms with Crippen LogP contribution >= 0.6 is 0 Å². The van der Waals surface area contributed by atoms with Crippen molar-refractivity contribution in [3.63, 3.8) is 0 Å². The topological polar surface area (TPSA) is 51.0 Å². The molecule has 1 unspecified atom stereocenters. The van der Waals surface area contributed by atoms with Crippen LogP contribution in [0.2, 0.25) is 0 Å². The highest BCUT2D eigenvalue weighted by molar-refractivity contribution is 4.95. The summed E-state index contributed by atoms with van der Waals surface area (Å²) in [5, 5.41) is 7.73. The maximum absolute atomic E-state index is 5.45. The number of hydrogen-bond acceptors (Lipinski definition) is 4. The van der Waals surface area contributed by atoms with Crippen LogP contribution in [0.1, 0.15) is 82.0 Å². The fourth-order valence-electron chi connectivity index (χ4n) is 3.56. The van der Waals surface area contributed by atoms with Crippen molar-refractivity contribution in [2.75, 3.05) is 6.54 Å².